The van der Waals surface area contributed by atoms with Crippen molar-refractivity contribution in [3.05, 3.63) is 6.20 Å². The van der Waals surface area contributed by atoms with Gasteiger partial charge in [0.15, 0.2) is 5.65 Å². The highest BCUT2D eigenvalue weighted by Gasteiger charge is 2.12. The molecule has 2 aromatic heterocycles. The molecular formula is C13H22N6O. The molecule has 4 N–H and O–H groups in total. The number of hydrogen-bond acceptors (Lipinski definition) is 6. The fraction of sp³-hybridized carbons (Fsp3) is 0.615. The SMILES string of the molecule is CCCNc1nc(NC(C)CC(C)O)c2cn[nH]c2n1. The Kier molecular flexibility index (Phi) is 4.73. The molecule has 0 aliphatic heterocycles. The fourth-order valence-corrected chi connectivity index (χ4v) is 2.06. The van der Waals surface area contributed by atoms with Crippen LogP contribution in [-0.4, -0.2) is 44.0 Å². The van der Waals surface area contributed by atoms with Crippen LogP contribution in [0, 0.1) is 0 Å². The third-order valence-corrected chi connectivity index (χ3v) is 2.92. The summed E-state index contributed by atoms with van der Waals surface area (Å²) >= 11 is 0. The van der Waals surface area contributed by atoms with E-state index >= 15 is 0 Å². The molecule has 0 spiro atoms. The van der Waals surface area contributed by atoms with Crippen LogP contribution in [0.5, 0.6) is 0 Å². The van der Waals surface area contributed by atoms with Crippen LogP contribution in [0.1, 0.15) is 33.6 Å². The standard InChI is InChI=1S/C13H22N6O/c1-4-5-14-13-17-11(16-8(2)6-9(3)20)10-7-15-19-12(10)18-13/h7-9,20H,4-6H2,1-3H3,(H3,14,15,16,17,18,19). The molecule has 0 saturated carbocycles. The number of H-pyrrole nitrogens is 1. The van der Waals surface area contributed by atoms with Gasteiger partial charge in [-0.15, -0.1) is 0 Å². The van der Waals surface area contributed by atoms with Gasteiger partial charge < -0.3 is 15.7 Å². The van der Waals surface area contributed by atoms with E-state index in [1.54, 1.807) is 13.1 Å². The summed E-state index contributed by atoms with van der Waals surface area (Å²) in [6, 6.07) is 0.113. The van der Waals surface area contributed by atoms with Gasteiger partial charge in [-0.1, -0.05) is 6.92 Å². The van der Waals surface area contributed by atoms with Gasteiger partial charge in [-0.2, -0.15) is 15.1 Å². The molecule has 2 aromatic rings. The Hall–Kier alpha value is -1.89. The summed E-state index contributed by atoms with van der Waals surface area (Å²) in [5.74, 6) is 1.31. The first-order valence-electron chi connectivity index (χ1n) is 6.99. The lowest BCUT2D eigenvalue weighted by molar-refractivity contribution is 0.179. The maximum absolute atomic E-state index is 9.44. The van der Waals surface area contributed by atoms with Crippen LogP contribution in [0.4, 0.5) is 11.8 Å². The van der Waals surface area contributed by atoms with E-state index < -0.39 is 0 Å². The molecule has 0 aromatic carbocycles. The Morgan fingerprint density at radius 3 is 2.85 bits per heavy atom. The summed E-state index contributed by atoms with van der Waals surface area (Å²) in [5, 5.41) is 23.6. The van der Waals surface area contributed by atoms with Crippen molar-refractivity contribution in [2.24, 2.45) is 0 Å². The Morgan fingerprint density at radius 1 is 1.35 bits per heavy atom. The fourth-order valence-electron chi connectivity index (χ4n) is 2.06. The monoisotopic (exact) mass is 278 g/mol. The van der Waals surface area contributed by atoms with Gasteiger partial charge >= 0.3 is 0 Å². The first-order chi connectivity index (χ1) is 9.60. The third-order valence-electron chi connectivity index (χ3n) is 2.92. The minimum atomic E-state index is -0.350. The second-order valence-electron chi connectivity index (χ2n) is 5.08. The van der Waals surface area contributed by atoms with Gasteiger partial charge in [-0.3, -0.25) is 5.10 Å². The zero-order valence-electron chi connectivity index (χ0n) is 12.1. The number of hydrogen-bond donors (Lipinski definition) is 4. The van der Waals surface area contributed by atoms with Gasteiger partial charge in [0.25, 0.3) is 0 Å². The predicted molar refractivity (Wildman–Crippen MR) is 79.8 cm³/mol. The van der Waals surface area contributed by atoms with Crippen LogP contribution in [0.2, 0.25) is 0 Å². The van der Waals surface area contributed by atoms with Gasteiger partial charge in [-0.25, -0.2) is 0 Å². The zero-order chi connectivity index (χ0) is 14.5. The van der Waals surface area contributed by atoms with Crippen molar-refractivity contribution in [2.75, 3.05) is 17.2 Å². The van der Waals surface area contributed by atoms with Crippen molar-refractivity contribution in [3.63, 3.8) is 0 Å². The van der Waals surface area contributed by atoms with Gasteiger partial charge in [0.05, 0.1) is 17.7 Å². The van der Waals surface area contributed by atoms with Crippen LogP contribution in [0.15, 0.2) is 6.20 Å². The number of nitrogens with zero attached hydrogens (tertiary/aromatic N) is 3. The van der Waals surface area contributed by atoms with Crippen LogP contribution in [0.25, 0.3) is 11.0 Å². The van der Waals surface area contributed by atoms with Crippen molar-refractivity contribution in [1.82, 2.24) is 20.2 Å². The van der Waals surface area contributed by atoms with E-state index in [4.69, 9.17) is 0 Å². The van der Waals surface area contributed by atoms with Crippen LogP contribution >= 0.6 is 0 Å². The average Bonchev–Trinajstić information content (AvgIpc) is 2.83. The lowest BCUT2D eigenvalue weighted by Crippen LogP contribution is -2.21. The van der Waals surface area contributed by atoms with E-state index in [0.717, 1.165) is 24.2 Å². The summed E-state index contributed by atoms with van der Waals surface area (Å²) < 4.78 is 0. The highest BCUT2D eigenvalue weighted by molar-refractivity contribution is 5.87. The topological polar surface area (TPSA) is 98.8 Å². The van der Waals surface area contributed by atoms with E-state index in [1.165, 1.54) is 0 Å². The molecule has 0 fully saturated rings. The lowest BCUT2D eigenvalue weighted by Gasteiger charge is -2.17. The molecular weight excluding hydrogens is 256 g/mol. The molecule has 110 valence electrons. The highest BCUT2D eigenvalue weighted by atomic mass is 16.3. The second-order valence-corrected chi connectivity index (χ2v) is 5.08. The van der Waals surface area contributed by atoms with Gasteiger partial charge in [0, 0.05) is 12.6 Å². The van der Waals surface area contributed by atoms with Crippen LogP contribution < -0.4 is 10.6 Å². The Bertz CT molecular complexity index is 553. The number of rotatable bonds is 7. The normalized spacial score (nSPS) is 14.2. The van der Waals surface area contributed by atoms with E-state index in [9.17, 15) is 5.11 Å². The number of anilines is 2. The highest BCUT2D eigenvalue weighted by Crippen LogP contribution is 2.21. The first kappa shape index (κ1) is 14.5. The van der Waals surface area contributed by atoms with Crippen molar-refractivity contribution in [2.45, 2.75) is 45.8 Å². The molecule has 0 amide bonds. The Balaban J connectivity index is 2.22. The molecule has 2 rings (SSSR count). The van der Waals surface area contributed by atoms with Gasteiger partial charge in [0.2, 0.25) is 5.95 Å². The second kappa shape index (κ2) is 6.51. The smallest absolute Gasteiger partial charge is 0.226 e. The minimum Gasteiger partial charge on any atom is -0.393 e. The summed E-state index contributed by atoms with van der Waals surface area (Å²) in [4.78, 5) is 8.85. The van der Waals surface area contributed by atoms with Crippen molar-refractivity contribution >= 4 is 22.8 Å². The molecule has 0 bridgehead atoms. The minimum absolute atomic E-state index is 0.113. The third kappa shape index (κ3) is 3.57. The molecule has 2 unspecified atom stereocenters. The summed E-state index contributed by atoms with van der Waals surface area (Å²) in [6.45, 7) is 6.70. The first-order valence-corrected chi connectivity index (χ1v) is 6.99. The maximum atomic E-state index is 9.44. The van der Waals surface area contributed by atoms with Crippen molar-refractivity contribution in [1.29, 1.82) is 0 Å². The van der Waals surface area contributed by atoms with Gasteiger partial charge in [0.1, 0.15) is 5.82 Å². The number of aliphatic hydroxyl groups is 1. The largest absolute Gasteiger partial charge is 0.393 e. The number of fused-ring (bicyclic) bond motifs is 1. The van der Waals surface area contributed by atoms with E-state index in [1.807, 2.05) is 6.92 Å². The quantitative estimate of drug-likeness (QED) is 0.616. The van der Waals surface area contributed by atoms with E-state index in [2.05, 4.69) is 37.7 Å². The zero-order valence-corrected chi connectivity index (χ0v) is 12.1. The van der Waals surface area contributed by atoms with E-state index in [-0.39, 0.29) is 12.1 Å². The van der Waals surface area contributed by atoms with Crippen LogP contribution in [-0.2, 0) is 0 Å². The van der Waals surface area contributed by atoms with Crippen LogP contribution in [0.3, 0.4) is 0 Å². The predicted octanol–water partition coefficient (Wildman–Crippen LogP) is 1.75. The molecule has 2 atom stereocenters. The number of nitrogens with one attached hydrogen (secondary N) is 3. The number of aliphatic hydroxyl groups excluding tert-OH is 1. The van der Waals surface area contributed by atoms with E-state index in [0.29, 0.717) is 18.0 Å². The summed E-state index contributed by atoms with van der Waals surface area (Å²) in [7, 11) is 0. The average molecular weight is 278 g/mol. The molecule has 20 heavy (non-hydrogen) atoms. The molecule has 7 nitrogen and oxygen atoms in total. The number of aromatic amines is 1. The Labute approximate surface area is 118 Å². The molecule has 0 aliphatic rings. The molecule has 0 radical (unpaired) electrons. The molecule has 0 aliphatic carbocycles. The van der Waals surface area contributed by atoms with Crippen molar-refractivity contribution in [3.8, 4) is 0 Å². The lowest BCUT2D eigenvalue weighted by atomic mass is 10.1. The van der Waals surface area contributed by atoms with Crippen molar-refractivity contribution < 1.29 is 5.11 Å². The Morgan fingerprint density at radius 2 is 2.15 bits per heavy atom. The molecule has 7 heteroatoms. The summed E-state index contributed by atoms with van der Waals surface area (Å²) in [6.07, 6.45) is 3.01. The molecule has 0 saturated heterocycles. The van der Waals surface area contributed by atoms with Gasteiger partial charge in [-0.05, 0) is 26.7 Å². The maximum Gasteiger partial charge on any atom is 0.226 e. The number of aromatic nitrogens is 4. The molecule has 2 heterocycles. The summed E-state index contributed by atoms with van der Waals surface area (Å²) in [5.41, 5.74) is 0.699.